The third kappa shape index (κ3) is 6.60. The summed E-state index contributed by atoms with van der Waals surface area (Å²) in [6.07, 6.45) is 0. The Balaban J connectivity index is 0.000000433. The summed E-state index contributed by atoms with van der Waals surface area (Å²) >= 11 is 2.27. The maximum absolute atomic E-state index is 10.7. The molecule has 0 saturated heterocycles. The first kappa shape index (κ1) is 20.1. The number of benzene rings is 1. The van der Waals surface area contributed by atoms with E-state index in [-0.39, 0.29) is 0 Å². The fourth-order valence-electron chi connectivity index (χ4n) is 1.12. The number of hydrogen-bond acceptors (Lipinski definition) is 4. The van der Waals surface area contributed by atoms with Crippen molar-refractivity contribution in [3.05, 3.63) is 27.3 Å². The molecule has 1 aromatic rings. The van der Waals surface area contributed by atoms with E-state index < -0.39 is 15.6 Å². The lowest BCUT2D eigenvalue weighted by molar-refractivity contribution is -0.0517. The number of quaternary nitrogens is 1. The van der Waals surface area contributed by atoms with Gasteiger partial charge in [-0.1, -0.05) is 0 Å². The molecule has 0 bridgehead atoms. The SMILES string of the molecule is C[N+](C)(C)c1ccc(C#N)cc1I.O=S(=O)([O-])C(F)(F)F. The van der Waals surface area contributed by atoms with Crippen molar-refractivity contribution in [1.29, 1.82) is 5.26 Å². The molecule has 10 heteroatoms. The Morgan fingerprint density at radius 1 is 1.29 bits per heavy atom. The third-order valence-electron chi connectivity index (χ3n) is 2.08. The Bertz CT molecular complexity index is 646. The highest BCUT2D eigenvalue weighted by atomic mass is 127. The van der Waals surface area contributed by atoms with Gasteiger partial charge in [0.15, 0.2) is 10.1 Å². The monoisotopic (exact) mass is 436 g/mol. The van der Waals surface area contributed by atoms with Crippen LogP contribution in [0, 0.1) is 14.9 Å². The second-order valence-corrected chi connectivity index (χ2v) is 7.22. The highest BCUT2D eigenvalue weighted by molar-refractivity contribution is 14.1. The Morgan fingerprint density at radius 2 is 1.71 bits per heavy atom. The van der Waals surface area contributed by atoms with Crippen molar-refractivity contribution in [2.24, 2.45) is 0 Å². The maximum Gasteiger partial charge on any atom is 0.485 e. The highest BCUT2D eigenvalue weighted by Gasteiger charge is 2.36. The smallest absolute Gasteiger partial charge is 0.485 e. The zero-order chi connectivity index (χ0) is 17.1. The van der Waals surface area contributed by atoms with Gasteiger partial charge in [0.05, 0.1) is 36.3 Å². The van der Waals surface area contributed by atoms with E-state index in [9.17, 15) is 13.2 Å². The molecule has 0 saturated carbocycles. The molecule has 0 N–H and O–H groups in total. The molecule has 0 spiro atoms. The van der Waals surface area contributed by atoms with Gasteiger partial charge in [0, 0.05) is 6.07 Å². The van der Waals surface area contributed by atoms with Gasteiger partial charge >= 0.3 is 5.51 Å². The molecule has 0 aliphatic heterocycles. The van der Waals surface area contributed by atoms with E-state index in [0.717, 1.165) is 13.6 Å². The molecule has 0 aromatic heterocycles. The lowest BCUT2D eigenvalue weighted by Crippen LogP contribution is -2.35. The number of nitrogens with zero attached hydrogens (tertiary/aromatic N) is 2. The highest BCUT2D eigenvalue weighted by Crippen LogP contribution is 2.25. The van der Waals surface area contributed by atoms with Crippen molar-refractivity contribution in [1.82, 2.24) is 4.48 Å². The van der Waals surface area contributed by atoms with Crippen LogP contribution in [0.15, 0.2) is 18.2 Å². The van der Waals surface area contributed by atoms with E-state index in [4.69, 9.17) is 18.2 Å². The van der Waals surface area contributed by atoms with Gasteiger partial charge in [0.2, 0.25) is 0 Å². The van der Waals surface area contributed by atoms with Crippen LogP contribution in [0.4, 0.5) is 18.9 Å². The van der Waals surface area contributed by atoms with Gasteiger partial charge in [0.1, 0.15) is 5.69 Å². The van der Waals surface area contributed by atoms with E-state index in [2.05, 4.69) is 49.8 Å². The van der Waals surface area contributed by atoms with Crippen LogP contribution in [0.25, 0.3) is 0 Å². The minimum absolute atomic E-state index is 0.724. The number of nitriles is 1. The van der Waals surface area contributed by atoms with Crippen molar-refractivity contribution in [3.8, 4) is 6.07 Å². The summed E-state index contributed by atoms with van der Waals surface area (Å²) in [7, 11) is 0.254. The normalized spacial score (nSPS) is 12.1. The maximum atomic E-state index is 10.7. The number of rotatable bonds is 1. The summed E-state index contributed by atoms with van der Waals surface area (Å²) in [5.74, 6) is 0. The van der Waals surface area contributed by atoms with Crippen LogP contribution in [-0.2, 0) is 10.1 Å². The third-order valence-corrected chi connectivity index (χ3v) is 3.51. The van der Waals surface area contributed by atoms with Crippen LogP contribution in [-0.4, -0.2) is 39.6 Å². The van der Waals surface area contributed by atoms with Crippen molar-refractivity contribution >= 4 is 38.4 Å². The van der Waals surface area contributed by atoms with Gasteiger partial charge in [-0.15, -0.1) is 0 Å². The van der Waals surface area contributed by atoms with Crippen molar-refractivity contribution in [3.63, 3.8) is 0 Å². The first-order valence-corrected chi connectivity index (χ1v) is 7.72. The van der Waals surface area contributed by atoms with Crippen LogP contribution in [0.5, 0.6) is 0 Å². The van der Waals surface area contributed by atoms with Crippen molar-refractivity contribution < 1.29 is 26.1 Å². The molecule has 118 valence electrons. The van der Waals surface area contributed by atoms with E-state index >= 15 is 0 Å². The lowest BCUT2D eigenvalue weighted by atomic mass is 10.2. The first-order chi connectivity index (χ1) is 9.20. The molecule has 0 aliphatic rings. The van der Waals surface area contributed by atoms with Crippen LogP contribution in [0.2, 0.25) is 0 Å². The topological polar surface area (TPSA) is 81.0 Å². The fourth-order valence-corrected chi connectivity index (χ4v) is 2.36. The summed E-state index contributed by atoms with van der Waals surface area (Å²) in [5.41, 5.74) is -3.69. The average molecular weight is 436 g/mol. The van der Waals surface area contributed by atoms with E-state index in [1.54, 1.807) is 0 Å². The first-order valence-electron chi connectivity index (χ1n) is 5.24. The van der Waals surface area contributed by atoms with E-state index in [1.165, 1.54) is 5.69 Å². The summed E-state index contributed by atoms with van der Waals surface area (Å²) in [6, 6.07) is 7.93. The quantitative estimate of drug-likeness (QED) is 0.293. The Morgan fingerprint density at radius 3 is 1.95 bits per heavy atom. The van der Waals surface area contributed by atoms with Gasteiger partial charge in [-0.3, -0.25) is 4.48 Å². The fraction of sp³-hybridized carbons (Fsp3) is 0.364. The van der Waals surface area contributed by atoms with E-state index in [0.29, 0.717) is 0 Å². The molecule has 0 unspecified atom stereocenters. The zero-order valence-corrected chi connectivity index (χ0v) is 14.2. The predicted molar refractivity (Wildman–Crippen MR) is 79.2 cm³/mol. The molecule has 1 aromatic carbocycles. The zero-order valence-electron chi connectivity index (χ0n) is 11.3. The molecule has 0 radical (unpaired) electrons. The van der Waals surface area contributed by atoms with Gasteiger partial charge < -0.3 is 4.55 Å². The number of hydrogen-bond donors (Lipinski definition) is 0. The van der Waals surface area contributed by atoms with Crippen LogP contribution >= 0.6 is 22.6 Å². The van der Waals surface area contributed by atoms with Gasteiger partial charge in [-0.05, 0) is 34.7 Å². The molecule has 21 heavy (non-hydrogen) atoms. The molecule has 0 fully saturated rings. The lowest BCUT2D eigenvalue weighted by Gasteiger charge is -2.24. The van der Waals surface area contributed by atoms with Gasteiger partial charge in [-0.25, -0.2) is 8.42 Å². The number of alkyl halides is 3. The second kappa shape index (κ2) is 6.91. The van der Waals surface area contributed by atoms with E-state index in [1.807, 2.05) is 18.2 Å². The minimum Gasteiger partial charge on any atom is -0.741 e. The summed E-state index contributed by atoms with van der Waals surface area (Å²) in [4.78, 5) is 0. The molecule has 0 amide bonds. The van der Waals surface area contributed by atoms with Crippen LogP contribution in [0.1, 0.15) is 5.56 Å². The second-order valence-electron chi connectivity index (χ2n) is 4.69. The Labute approximate surface area is 134 Å². The summed E-state index contributed by atoms with van der Waals surface area (Å²) in [6.45, 7) is 0. The number of halogens is 4. The van der Waals surface area contributed by atoms with Crippen molar-refractivity contribution in [2.75, 3.05) is 21.1 Å². The average Bonchev–Trinajstić information content (AvgIpc) is 2.25. The van der Waals surface area contributed by atoms with Crippen LogP contribution < -0.4 is 4.48 Å². The van der Waals surface area contributed by atoms with Crippen molar-refractivity contribution in [2.45, 2.75) is 5.51 Å². The molecule has 5 nitrogen and oxygen atoms in total. The molecular weight excluding hydrogens is 424 g/mol. The molecule has 0 heterocycles. The van der Waals surface area contributed by atoms with Gasteiger partial charge in [0.25, 0.3) is 0 Å². The van der Waals surface area contributed by atoms with Gasteiger partial charge in [-0.2, -0.15) is 18.4 Å². The molecule has 0 aliphatic carbocycles. The summed E-state index contributed by atoms with van der Waals surface area (Å²) < 4.78 is 60.8. The molecular formula is C11H12F3IN2O3S. The minimum atomic E-state index is -6.09. The Kier molecular flexibility index (Phi) is 6.61. The van der Waals surface area contributed by atoms with Crippen LogP contribution in [0.3, 0.4) is 0 Å². The summed E-state index contributed by atoms with van der Waals surface area (Å²) in [5, 5.41) is 8.70. The standard InChI is InChI=1S/C10H12IN2.CHF3O3S/c1-13(2,3)10-5-4-8(7-12)6-9(10)11;2-1(3,4)8(5,6)7/h4-6H,1-3H3;(H,5,6,7)/q+1;/p-1. The largest absolute Gasteiger partial charge is 0.741 e. The Hall–Kier alpha value is -0.900. The molecule has 1 rings (SSSR count). The molecule has 0 atom stereocenters. The predicted octanol–water partition coefficient (Wildman–Crippen LogP) is 2.41.